The van der Waals surface area contributed by atoms with Gasteiger partial charge in [-0.1, -0.05) is 6.07 Å². The van der Waals surface area contributed by atoms with Gasteiger partial charge in [0.1, 0.15) is 18.2 Å². The Bertz CT molecular complexity index is 1010. The molecule has 196 valence electrons. The fourth-order valence-electron chi connectivity index (χ4n) is 4.16. The van der Waals surface area contributed by atoms with Gasteiger partial charge in [0.2, 0.25) is 5.91 Å². The fourth-order valence-corrected chi connectivity index (χ4v) is 4.16. The van der Waals surface area contributed by atoms with Crippen molar-refractivity contribution in [3.8, 4) is 0 Å². The summed E-state index contributed by atoms with van der Waals surface area (Å²) in [4.78, 5) is 32.0. The number of halogens is 6. The minimum Gasteiger partial charge on any atom is -0.385 e. The molecule has 1 fully saturated rings. The molecule has 2 atom stereocenters. The van der Waals surface area contributed by atoms with Crippen LogP contribution in [0.5, 0.6) is 0 Å². The number of alkyl halides is 6. The predicted octanol–water partition coefficient (Wildman–Crippen LogP) is 3.97. The van der Waals surface area contributed by atoms with Crippen LogP contribution in [0.2, 0.25) is 0 Å². The van der Waals surface area contributed by atoms with Crippen LogP contribution in [0.15, 0.2) is 42.6 Å². The molecule has 1 amide bonds. The summed E-state index contributed by atoms with van der Waals surface area (Å²) in [6.45, 7) is 1.55. The second-order valence-electron chi connectivity index (χ2n) is 8.54. The summed E-state index contributed by atoms with van der Waals surface area (Å²) >= 11 is 0. The number of amides is 1. The highest BCUT2D eigenvalue weighted by Gasteiger charge is 2.37. The van der Waals surface area contributed by atoms with Crippen LogP contribution < -0.4 is 4.90 Å². The largest absolute Gasteiger partial charge is 0.416 e. The third-order valence-electron chi connectivity index (χ3n) is 6.06. The number of hydrogen-bond acceptors (Lipinski definition) is 5. The lowest BCUT2D eigenvalue weighted by Gasteiger charge is -2.37. The van der Waals surface area contributed by atoms with E-state index in [1.54, 1.807) is 12.3 Å². The molecule has 1 aromatic carbocycles. The average Bonchev–Trinajstić information content (AvgIpc) is 2.85. The van der Waals surface area contributed by atoms with Crippen LogP contribution in [0.3, 0.4) is 0 Å². The zero-order valence-electron chi connectivity index (χ0n) is 19.1. The van der Waals surface area contributed by atoms with Gasteiger partial charge in [-0.15, -0.1) is 0 Å². The van der Waals surface area contributed by atoms with Crippen LogP contribution in [-0.4, -0.2) is 59.5 Å². The average molecular weight is 517 g/mol. The van der Waals surface area contributed by atoms with Crippen molar-refractivity contribution in [3.05, 3.63) is 59.3 Å². The quantitative estimate of drug-likeness (QED) is 0.424. The molecule has 1 aliphatic rings. The molecule has 0 saturated carbocycles. The Hall–Kier alpha value is -3.15. The smallest absolute Gasteiger partial charge is 0.385 e. The SMILES string of the molecule is O=C[C@@H](O)[C@@H](CCCc1cc(C(F)(F)F)cc(C(F)(F)F)c1)C(=O)N1CCN(c2ccccn2)CC1. The van der Waals surface area contributed by atoms with Crippen LogP contribution in [0.4, 0.5) is 32.2 Å². The van der Waals surface area contributed by atoms with Gasteiger partial charge in [0.05, 0.1) is 17.0 Å². The van der Waals surface area contributed by atoms with E-state index in [2.05, 4.69) is 4.98 Å². The molecule has 3 rings (SSSR count). The molecular formula is C24H25F6N3O3. The van der Waals surface area contributed by atoms with Crippen LogP contribution in [0.25, 0.3) is 0 Å². The lowest BCUT2D eigenvalue weighted by Crippen LogP contribution is -2.52. The summed E-state index contributed by atoms with van der Waals surface area (Å²) in [7, 11) is 0. The fraction of sp³-hybridized carbons (Fsp3) is 0.458. The number of piperazine rings is 1. The van der Waals surface area contributed by atoms with Crippen molar-refractivity contribution in [2.75, 3.05) is 31.1 Å². The Morgan fingerprint density at radius 3 is 2.11 bits per heavy atom. The number of rotatable bonds is 8. The van der Waals surface area contributed by atoms with Gasteiger partial charge in [0.15, 0.2) is 0 Å². The molecule has 2 aromatic rings. The molecule has 2 heterocycles. The highest BCUT2D eigenvalue weighted by atomic mass is 19.4. The molecule has 1 aliphatic heterocycles. The monoisotopic (exact) mass is 517 g/mol. The summed E-state index contributed by atoms with van der Waals surface area (Å²) in [6.07, 6.45) is -10.00. The summed E-state index contributed by atoms with van der Waals surface area (Å²) in [6, 6.07) is 6.76. The number of aldehydes is 1. The Morgan fingerprint density at radius 1 is 1.00 bits per heavy atom. The second kappa shape index (κ2) is 11.3. The van der Waals surface area contributed by atoms with E-state index in [0.29, 0.717) is 38.3 Å². The second-order valence-corrected chi connectivity index (χ2v) is 8.54. The van der Waals surface area contributed by atoms with Crippen LogP contribution >= 0.6 is 0 Å². The molecule has 1 aromatic heterocycles. The Kier molecular flexibility index (Phi) is 8.59. The van der Waals surface area contributed by atoms with Crippen molar-refractivity contribution in [1.82, 2.24) is 9.88 Å². The number of aromatic nitrogens is 1. The van der Waals surface area contributed by atoms with Crippen molar-refractivity contribution < 1.29 is 41.0 Å². The van der Waals surface area contributed by atoms with Gasteiger partial charge < -0.3 is 19.7 Å². The Labute approximate surface area is 203 Å². The Morgan fingerprint density at radius 2 is 1.61 bits per heavy atom. The van der Waals surface area contributed by atoms with Crippen LogP contribution in [-0.2, 0) is 28.4 Å². The van der Waals surface area contributed by atoms with E-state index in [9.17, 15) is 41.0 Å². The topological polar surface area (TPSA) is 73.7 Å². The number of aliphatic hydroxyl groups is 1. The van der Waals surface area contributed by atoms with Gasteiger partial charge in [0, 0.05) is 32.4 Å². The number of carbonyl (C=O) groups excluding carboxylic acids is 2. The van der Waals surface area contributed by atoms with Crippen molar-refractivity contribution in [2.24, 2.45) is 5.92 Å². The first kappa shape index (κ1) is 27.4. The van der Waals surface area contributed by atoms with Gasteiger partial charge in [-0.2, -0.15) is 26.3 Å². The lowest BCUT2D eigenvalue weighted by atomic mass is 9.92. The molecule has 12 heteroatoms. The molecule has 0 aliphatic carbocycles. The summed E-state index contributed by atoms with van der Waals surface area (Å²) < 4.78 is 78.5. The number of pyridine rings is 1. The summed E-state index contributed by atoms with van der Waals surface area (Å²) in [5.41, 5.74) is -3.04. The number of carbonyl (C=O) groups is 2. The van der Waals surface area contributed by atoms with E-state index >= 15 is 0 Å². The summed E-state index contributed by atoms with van der Waals surface area (Å²) in [5, 5.41) is 10.1. The van der Waals surface area contributed by atoms with Crippen molar-refractivity contribution in [2.45, 2.75) is 37.7 Å². The van der Waals surface area contributed by atoms with Crippen molar-refractivity contribution >= 4 is 18.0 Å². The van der Waals surface area contributed by atoms with Gasteiger partial charge in [-0.05, 0) is 55.2 Å². The number of benzene rings is 1. The van der Waals surface area contributed by atoms with Crippen molar-refractivity contribution in [1.29, 1.82) is 0 Å². The molecule has 0 spiro atoms. The minimum absolute atomic E-state index is 0.00614. The molecule has 1 saturated heterocycles. The minimum atomic E-state index is -4.96. The molecule has 6 nitrogen and oxygen atoms in total. The van der Waals surface area contributed by atoms with Crippen LogP contribution in [0.1, 0.15) is 29.5 Å². The number of aliphatic hydroxyl groups excluding tert-OH is 1. The first-order chi connectivity index (χ1) is 16.9. The number of nitrogens with zero attached hydrogens (tertiary/aromatic N) is 3. The highest BCUT2D eigenvalue weighted by molar-refractivity contribution is 5.83. The zero-order chi connectivity index (χ0) is 26.5. The zero-order valence-corrected chi connectivity index (χ0v) is 19.1. The molecule has 0 radical (unpaired) electrons. The normalized spacial score (nSPS) is 16.5. The molecule has 1 N–H and O–H groups in total. The van der Waals surface area contributed by atoms with E-state index in [4.69, 9.17) is 0 Å². The predicted molar refractivity (Wildman–Crippen MR) is 118 cm³/mol. The maximum Gasteiger partial charge on any atom is 0.416 e. The van der Waals surface area contributed by atoms with Gasteiger partial charge in [0.25, 0.3) is 0 Å². The number of aryl methyl sites for hydroxylation is 1. The van der Waals surface area contributed by atoms with Gasteiger partial charge >= 0.3 is 12.4 Å². The molecule has 36 heavy (non-hydrogen) atoms. The van der Waals surface area contributed by atoms with Gasteiger partial charge in [-0.3, -0.25) is 4.79 Å². The third-order valence-corrected chi connectivity index (χ3v) is 6.06. The first-order valence-corrected chi connectivity index (χ1v) is 11.3. The van der Waals surface area contributed by atoms with E-state index < -0.39 is 41.4 Å². The molecule has 0 unspecified atom stereocenters. The maximum absolute atomic E-state index is 13.1. The summed E-state index contributed by atoms with van der Waals surface area (Å²) in [5.74, 6) is -0.902. The number of anilines is 1. The van der Waals surface area contributed by atoms with E-state index in [0.717, 1.165) is 5.82 Å². The maximum atomic E-state index is 13.1. The first-order valence-electron chi connectivity index (χ1n) is 11.3. The molecular weight excluding hydrogens is 492 g/mol. The van der Waals surface area contributed by atoms with E-state index in [1.807, 2.05) is 17.0 Å². The van der Waals surface area contributed by atoms with Crippen LogP contribution in [0, 0.1) is 5.92 Å². The van der Waals surface area contributed by atoms with Gasteiger partial charge in [-0.25, -0.2) is 4.98 Å². The standard InChI is InChI=1S/C24H25F6N3O3/c25-23(26,27)17-12-16(13-18(14-17)24(28,29)30)4-3-5-19(20(35)15-34)22(36)33-10-8-32(9-11-33)21-6-1-2-7-31-21/h1-2,6-7,12-15,19-20,35H,3-5,8-11H2/t19-,20-/m1/s1. The van der Waals surface area contributed by atoms with E-state index in [1.165, 1.54) is 4.90 Å². The van der Waals surface area contributed by atoms with Crippen molar-refractivity contribution in [3.63, 3.8) is 0 Å². The number of hydrogen-bond donors (Lipinski definition) is 1. The lowest BCUT2D eigenvalue weighted by molar-refractivity contribution is -0.143. The van der Waals surface area contributed by atoms with E-state index in [-0.39, 0.29) is 37.2 Å². The third kappa shape index (κ3) is 6.96. The molecule has 0 bridgehead atoms. The highest BCUT2D eigenvalue weighted by Crippen LogP contribution is 2.36. The Balaban J connectivity index is 1.66.